The van der Waals surface area contributed by atoms with Gasteiger partial charge in [0.1, 0.15) is 18.2 Å². The number of hydrogen-bond donors (Lipinski definition) is 1. The van der Waals surface area contributed by atoms with E-state index in [1.165, 1.54) is 0 Å². The van der Waals surface area contributed by atoms with Crippen LogP contribution in [0.2, 0.25) is 0 Å². The molecular formula is C12H14BrN3O. The maximum Gasteiger partial charge on any atom is 0.122 e. The van der Waals surface area contributed by atoms with E-state index in [9.17, 15) is 0 Å². The Bertz CT molecular complexity index is 490. The van der Waals surface area contributed by atoms with Gasteiger partial charge in [-0.1, -0.05) is 15.9 Å². The van der Waals surface area contributed by atoms with Crippen LogP contribution < -0.4 is 10.5 Å². The van der Waals surface area contributed by atoms with Crippen LogP contribution in [0.15, 0.2) is 35.1 Å². The van der Waals surface area contributed by atoms with Crippen molar-refractivity contribution >= 4 is 21.6 Å². The molecule has 2 N–H and O–H groups in total. The van der Waals surface area contributed by atoms with Gasteiger partial charge in [0.2, 0.25) is 0 Å². The van der Waals surface area contributed by atoms with Crippen molar-refractivity contribution in [2.45, 2.75) is 13.5 Å². The van der Waals surface area contributed by atoms with E-state index in [1.54, 1.807) is 6.20 Å². The summed E-state index contributed by atoms with van der Waals surface area (Å²) in [5, 5.41) is 0. The van der Waals surface area contributed by atoms with Crippen molar-refractivity contribution in [3.8, 4) is 5.75 Å². The van der Waals surface area contributed by atoms with Crippen molar-refractivity contribution in [1.82, 2.24) is 9.55 Å². The Morgan fingerprint density at radius 3 is 2.88 bits per heavy atom. The summed E-state index contributed by atoms with van der Waals surface area (Å²) in [7, 11) is 0. The van der Waals surface area contributed by atoms with Gasteiger partial charge in [0, 0.05) is 28.6 Å². The molecule has 17 heavy (non-hydrogen) atoms. The highest BCUT2D eigenvalue weighted by molar-refractivity contribution is 9.10. The summed E-state index contributed by atoms with van der Waals surface area (Å²) in [6.07, 6.45) is 3.72. The van der Waals surface area contributed by atoms with Crippen LogP contribution in [0.1, 0.15) is 5.82 Å². The normalized spacial score (nSPS) is 10.5. The van der Waals surface area contributed by atoms with Crippen LogP contribution in [0.5, 0.6) is 5.75 Å². The van der Waals surface area contributed by atoms with Gasteiger partial charge in [-0.05, 0) is 19.1 Å². The molecule has 0 aliphatic carbocycles. The third-order valence-corrected chi connectivity index (χ3v) is 2.88. The quantitative estimate of drug-likeness (QED) is 0.882. The molecule has 0 fully saturated rings. The van der Waals surface area contributed by atoms with Crippen molar-refractivity contribution in [2.24, 2.45) is 0 Å². The summed E-state index contributed by atoms with van der Waals surface area (Å²) in [5.74, 6) is 1.76. The largest absolute Gasteiger partial charge is 0.492 e. The van der Waals surface area contributed by atoms with Crippen molar-refractivity contribution in [2.75, 3.05) is 12.3 Å². The van der Waals surface area contributed by atoms with E-state index >= 15 is 0 Å². The highest BCUT2D eigenvalue weighted by Gasteiger charge is 2.00. The molecule has 1 heterocycles. The minimum absolute atomic E-state index is 0.590. The van der Waals surface area contributed by atoms with Gasteiger partial charge in [-0.25, -0.2) is 4.98 Å². The summed E-state index contributed by atoms with van der Waals surface area (Å²) >= 11 is 3.38. The summed E-state index contributed by atoms with van der Waals surface area (Å²) in [6.45, 7) is 3.34. The first-order valence-corrected chi connectivity index (χ1v) is 6.11. The standard InChI is InChI=1S/C12H14BrN3O/c1-9-15-2-3-16(9)4-5-17-12-7-10(13)6-11(14)8-12/h2-3,6-8H,4-5,14H2,1H3. The number of nitrogen functional groups attached to an aromatic ring is 1. The van der Waals surface area contributed by atoms with Crippen molar-refractivity contribution in [3.05, 3.63) is 40.9 Å². The molecule has 0 radical (unpaired) electrons. The van der Waals surface area contributed by atoms with E-state index in [-0.39, 0.29) is 0 Å². The lowest BCUT2D eigenvalue weighted by molar-refractivity contribution is 0.297. The number of imidazole rings is 1. The van der Waals surface area contributed by atoms with Crippen LogP contribution in [0.3, 0.4) is 0 Å². The van der Waals surface area contributed by atoms with E-state index in [0.717, 1.165) is 22.6 Å². The Hall–Kier alpha value is -1.49. The number of benzene rings is 1. The lowest BCUT2D eigenvalue weighted by atomic mass is 10.3. The Morgan fingerprint density at radius 1 is 1.41 bits per heavy atom. The number of ether oxygens (including phenoxy) is 1. The van der Waals surface area contributed by atoms with E-state index in [2.05, 4.69) is 20.9 Å². The van der Waals surface area contributed by atoms with E-state index in [1.807, 2.05) is 35.9 Å². The Balaban J connectivity index is 1.92. The Kier molecular flexibility index (Phi) is 3.68. The maximum absolute atomic E-state index is 5.72. The molecule has 0 saturated heterocycles. The van der Waals surface area contributed by atoms with E-state index in [0.29, 0.717) is 12.3 Å². The second-order valence-electron chi connectivity index (χ2n) is 3.74. The molecule has 0 spiro atoms. The first-order chi connectivity index (χ1) is 8.15. The molecule has 0 aliphatic rings. The summed E-state index contributed by atoms with van der Waals surface area (Å²) < 4.78 is 8.60. The van der Waals surface area contributed by atoms with Crippen LogP contribution in [0.25, 0.3) is 0 Å². The van der Waals surface area contributed by atoms with Crippen LogP contribution in [0, 0.1) is 6.92 Å². The highest BCUT2D eigenvalue weighted by Crippen LogP contribution is 2.22. The molecule has 0 aliphatic heterocycles. The number of halogens is 1. The van der Waals surface area contributed by atoms with Gasteiger partial charge >= 0.3 is 0 Å². The molecule has 2 rings (SSSR count). The van der Waals surface area contributed by atoms with E-state index in [4.69, 9.17) is 10.5 Å². The fraction of sp³-hybridized carbons (Fsp3) is 0.250. The fourth-order valence-electron chi connectivity index (χ4n) is 1.57. The molecule has 0 saturated carbocycles. The first-order valence-electron chi connectivity index (χ1n) is 5.32. The molecule has 1 aromatic carbocycles. The van der Waals surface area contributed by atoms with Gasteiger partial charge in [0.15, 0.2) is 0 Å². The molecule has 4 nitrogen and oxygen atoms in total. The molecule has 1 aromatic heterocycles. The monoisotopic (exact) mass is 295 g/mol. The smallest absolute Gasteiger partial charge is 0.122 e. The maximum atomic E-state index is 5.72. The van der Waals surface area contributed by atoms with Gasteiger partial charge in [0.05, 0.1) is 6.54 Å². The minimum atomic E-state index is 0.590. The average Bonchev–Trinajstić information content (AvgIpc) is 2.63. The second-order valence-corrected chi connectivity index (χ2v) is 4.65. The molecule has 5 heteroatoms. The topological polar surface area (TPSA) is 53.1 Å². The molecule has 0 amide bonds. The average molecular weight is 296 g/mol. The summed E-state index contributed by atoms with van der Waals surface area (Å²) in [6, 6.07) is 5.55. The third kappa shape index (κ3) is 3.23. The van der Waals surface area contributed by atoms with Crippen molar-refractivity contribution < 1.29 is 4.74 Å². The number of nitrogens with zero attached hydrogens (tertiary/aromatic N) is 2. The summed E-state index contributed by atoms with van der Waals surface area (Å²) in [4.78, 5) is 4.15. The van der Waals surface area contributed by atoms with Crippen molar-refractivity contribution in [1.29, 1.82) is 0 Å². The van der Waals surface area contributed by atoms with Crippen LogP contribution >= 0.6 is 15.9 Å². The molecule has 0 unspecified atom stereocenters. The lowest BCUT2D eigenvalue weighted by Gasteiger charge is -2.09. The van der Waals surface area contributed by atoms with Gasteiger partial charge in [-0.2, -0.15) is 0 Å². The van der Waals surface area contributed by atoms with Crippen LogP contribution in [-0.2, 0) is 6.54 Å². The number of rotatable bonds is 4. The zero-order valence-corrected chi connectivity index (χ0v) is 11.1. The molecule has 2 aromatic rings. The van der Waals surface area contributed by atoms with Crippen LogP contribution in [0.4, 0.5) is 5.69 Å². The fourth-order valence-corrected chi connectivity index (χ4v) is 2.06. The molecule has 0 atom stereocenters. The number of nitrogens with two attached hydrogens (primary N) is 1. The van der Waals surface area contributed by atoms with Crippen molar-refractivity contribution in [3.63, 3.8) is 0 Å². The zero-order valence-electron chi connectivity index (χ0n) is 9.56. The summed E-state index contributed by atoms with van der Waals surface area (Å²) in [5.41, 5.74) is 6.41. The van der Waals surface area contributed by atoms with Gasteiger partial charge in [-0.15, -0.1) is 0 Å². The number of hydrogen-bond acceptors (Lipinski definition) is 3. The zero-order chi connectivity index (χ0) is 12.3. The lowest BCUT2D eigenvalue weighted by Crippen LogP contribution is -2.08. The highest BCUT2D eigenvalue weighted by atomic mass is 79.9. The first kappa shape index (κ1) is 12.0. The predicted molar refractivity (Wildman–Crippen MR) is 71.0 cm³/mol. The number of anilines is 1. The van der Waals surface area contributed by atoms with Gasteiger partial charge in [0.25, 0.3) is 0 Å². The Labute approximate surface area is 109 Å². The van der Waals surface area contributed by atoms with Gasteiger partial charge in [-0.3, -0.25) is 0 Å². The molecular weight excluding hydrogens is 282 g/mol. The second kappa shape index (κ2) is 5.23. The molecule has 0 bridgehead atoms. The minimum Gasteiger partial charge on any atom is -0.492 e. The SMILES string of the molecule is Cc1nccn1CCOc1cc(N)cc(Br)c1. The molecule has 90 valence electrons. The van der Waals surface area contributed by atoms with Crippen LogP contribution in [-0.4, -0.2) is 16.2 Å². The third-order valence-electron chi connectivity index (χ3n) is 2.42. The number of aromatic nitrogens is 2. The predicted octanol–water partition coefficient (Wildman–Crippen LogP) is 2.62. The van der Waals surface area contributed by atoms with E-state index < -0.39 is 0 Å². The Morgan fingerprint density at radius 2 is 2.24 bits per heavy atom. The van der Waals surface area contributed by atoms with Gasteiger partial charge < -0.3 is 15.0 Å². The number of aryl methyl sites for hydroxylation is 1.